The molecule has 0 bridgehead atoms. The smallest absolute Gasteiger partial charge is 0.346 e. The van der Waals surface area contributed by atoms with Crippen molar-refractivity contribution in [3.63, 3.8) is 0 Å². The van der Waals surface area contributed by atoms with Crippen molar-refractivity contribution in [2.24, 2.45) is 0 Å². The average molecular weight is 401 g/mol. The number of carbonyl (C=O) groups is 1. The van der Waals surface area contributed by atoms with Crippen LogP contribution < -0.4 is 5.32 Å². The number of hydrogen-bond acceptors (Lipinski definition) is 4. The molecule has 7 nitrogen and oxygen atoms in total. The first-order valence-electron chi connectivity index (χ1n) is 8.06. The zero-order valence-corrected chi connectivity index (χ0v) is 15.5. The fourth-order valence-corrected chi connectivity index (χ4v) is 2.86. The Morgan fingerprint density at radius 3 is 2.59 bits per heavy atom. The summed E-state index contributed by atoms with van der Waals surface area (Å²) in [5.74, 6) is -0.695. The molecule has 0 spiro atoms. The molecule has 0 saturated heterocycles. The van der Waals surface area contributed by atoms with Gasteiger partial charge in [0.25, 0.3) is 5.91 Å². The summed E-state index contributed by atoms with van der Waals surface area (Å²) < 4.78 is 42.0. The average Bonchev–Trinajstić information content (AvgIpc) is 3.11. The van der Waals surface area contributed by atoms with Gasteiger partial charge in [-0.15, -0.1) is 0 Å². The normalized spacial score (nSPS) is 12.0. The van der Waals surface area contributed by atoms with E-state index in [0.717, 1.165) is 17.3 Å². The van der Waals surface area contributed by atoms with Crippen LogP contribution in [0.4, 0.5) is 13.2 Å². The molecule has 0 radical (unpaired) electrons. The molecule has 0 atom stereocenters. The number of nitrogens with zero attached hydrogens (tertiary/aromatic N) is 5. The molecule has 1 N–H and O–H groups in total. The van der Waals surface area contributed by atoms with Crippen LogP contribution in [0, 0.1) is 13.8 Å². The fraction of sp³-hybridized carbons (Fsp3) is 0.375. The molecule has 0 aliphatic heterocycles. The van der Waals surface area contributed by atoms with Crippen LogP contribution in [0.3, 0.4) is 0 Å². The zero-order chi connectivity index (χ0) is 19.9. The lowest BCUT2D eigenvalue weighted by atomic mass is 10.2. The van der Waals surface area contributed by atoms with Gasteiger partial charge in [0.05, 0.1) is 5.69 Å². The van der Waals surface area contributed by atoms with Crippen LogP contribution in [0.15, 0.2) is 12.3 Å². The van der Waals surface area contributed by atoms with E-state index in [9.17, 15) is 18.0 Å². The third-order valence-electron chi connectivity index (χ3n) is 3.98. The highest BCUT2D eigenvalue weighted by Crippen LogP contribution is 2.32. The van der Waals surface area contributed by atoms with Crippen molar-refractivity contribution in [3.8, 4) is 0 Å². The van der Waals surface area contributed by atoms with E-state index in [2.05, 4.69) is 20.5 Å². The Labute approximate surface area is 157 Å². The van der Waals surface area contributed by atoms with Gasteiger partial charge in [0.2, 0.25) is 0 Å². The molecule has 0 aromatic carbocycles. The number of amides is 1. The maximum absolute atomic E-state index is 13.2. The Morgan fingerprint density at radius 2 is 2.00 bits per heavy atom. The molecule has 0 fully saturated rings. The maximum atomic E-state index is 13.2. The van der Waals surface area contributed by atoms with Gasteiger partial charge < -0.3 is 5.32 Å². The molecule has 144 valence electrons. The highest BCUT2D eigenvalue weighted by atomic mass is 35.5. The first kappa shape index (κ1) is 19.2. The molecule has 0 unspecified atom stereocenters. The highest BCUT2D eigenvalue weighted by Gasteiger charge is 2.36. The van der Waals surface area contributed by atoms with E-state index in [1.165, 1.54) is 6.92 Å². The van der Waals surface area contributed by atoms with Gasteiger partial charge in [0.1, 0.15) is 10.7 Å². The molecule has 0 saturated carbocycles. The third-order valence-corrected chi connectivity index (χ3v) is 4.33. The predicted octanol–water partition coefficient (Wildman–Crippen LogP) is 3.16. The Bertz CT molecular complexity index is 1020. The lowest BCUT2D eigenvalue weighted by Crippen LogP contribution is -2.24. The van der Waals surface area contributed by atoms with Gasteiger partial charge in [-0.05, 0) is 26.8 Å². The number of fused-ring (bicyclic) bond motifs is 1. The fourth-order valence-electron chi connectivity index (χ4n) is 2.61. The van der Waals surface area contributed by atoms with Gasteiger partial charge in [-0.3, -0.25) is 9.48 Å². The van der Waals surface area contributed by atoms with Gasteiger partial charge in [-0.25, -0.2) is 9.50 Å². The van der Waals surface area contributed by atoms with E-state index in [1.54, 1.807) is 17.8 Å². The van der Waals surface area contributed by atoms with Crippen molar-refractivity contribution in [3.05, 3.63) is 45.6 Å². The number of alkyl halides is 3. The summed E-state index contributed by atoms with van der Waals surface area (Å²) in [6.45, 7) is 5.96. The van der Waals surface area contributed by atoms with Gasteiger partial charge in [0, 0.05) is 30.5 Å². The van der Waals surface area contributed by atoms with Crippen LogP contribution in [0.25, 0.3) is 5.65 Å². The van der Waals surface area contributed by atoms with Crippen LogP contribution in [-0.2, 0) is 19.3 Å². The van der Waals surface area contributed by atoms with Crippen LogP contribution >= 0.6 is 11.6 Å². The molecule has 3 rings (SSSR count). The largest absolute Gasteiger partial charge is 0.433 e. The Kier molecular flexibility index (Phi) is 4.85. The summed E-state index contributed by atoms with van der Waals surface area (Å²) in [6.07, 6.45) is -2.88. The van der Waals surface area contributed by atoms with Crippen molar-refractivity contribution in [1.29, 1.82) is 0 Å². The lowest BCUT2D eigenvalue weighted by Gasteiger charge is -2.09. The molecule has 3 aromatic rings. The first-order valence-corrected chi connectivity index (χ1v) is 8.43. The Balaban J connectivity index is 1.93. The minimum absolute atomic E-state index is 0.117. The number of rotatable bonds is 4. The molecule has 1 amide bonds. The van der Waals surface area contributed by atoms with Gasteiger partial charge >= 0.3 is 6.18 Å². The van der Waals surface area contributed by atoms with Crippen molar-refractivity contribution in [2.45, 2.75) is 40.0 Å². The summed E-state index contributed by atoms with van der Waals surface area (Å²) in [6, 6.07) is 0.848. The second kappa shape index (κ2) is 6.84. The summed E-state index contributed by atoms with van der Waals surface area (Å²) >= 11 is 6.10. The molecule has 0 aliphatic rings. The van der Waals surface area contributed by atoms with Crippen LogP contribution in [0.2, 0.25) is 5.02 Å². The summed E-state index contributed by atoms with van der Waals surface area (Å²) in [5, 5.41) is 10.4. The maximum Gasteiger partial charge on any atom is 0.433 e. The van der Waals surface area contributed by atoms with E-state index < -0.39 is 17.8 Å². The van der Waals surface area contributed by atoms with Crippen LogP contribution in [0.5, 0.6) is 0 Å². The van der Waals surface area contributed by atoms with Gasteiger partial charge in [0.15, 0.2) is 11.3 Å². The van der Waals surface area contributed by atoms with Crippen molar-refractivity contribution >= 4 is 23.2 Å². The van der Waals surface area contributed by atoms with Crippen molar-refractivity contribution < 1.29 is 18.0 Å². The monoisotopic (exact) mass is 400 g/mol. The van der Waals surface area contributed by atoms with Crippen molar-refractivity contribution in [1.82, 2.24) is 29.7 Å². The topological polar surface area (TPSA) is 77.1 Å². The first-order chi connectivity index (χ1) is 12.6. The zero-order valence-electron chi connectivity index (χ0n) is 14.7. The minimum Gasteiger partial charge on any atom is -0.346 e. The van der Waals surface area contributed by atoms with E-state index >= 15 is 0 Å². The number of aryl methyl sites for hydroxylation is 3. The molecule has 3 aromatic heterocycles. The van der Waals surface area contributed by atoms with Crippen LogP contribution in [0.1, 0.15) is 40.1 Å². The number of halogens is 4. The highest BCUT2D eigenvalue weighted by molar-refractivity contribution is 6.36. The Morgan fingerprint density at radius 1 is 1.30 bits per heavy atom. The molecule has 27 heavy (non-hydrogen) atoms. The predicted molar refractivity (Wildman–Crippen MR) is 91.5 cm³/mol. The van der Waals surface area contributed by atoms with E-state index in [0.29, 0.717) is 11.1 Å². The number of hydrogen-bond donors (Lipinski definition) is 1. The van der Waals surface area contributed by atoms with Crippen LogP contribution in [-0.4, -0.2) is 30.3 Å². The standard InChI is InChI=1S/C16H16ClF3N6O/c1-4-25-7-10(9(3)23-25)6-21-15(27)13-12(17)14-22-8(2)5-11(16(18,19)20)26(14)24-13/h5,7H,4,6H2,1-3H3,(H,21,27). The summed E-state index contributed by atoms with van der Waals surface area (Å²) in [7, 11) is 0. The second-order valence-electron chi connectivity index (χ2n) is 5.96. The summed E-state index contributed by atoms with van der Waals surface area (Å²) in [4.78, 5) is 16.4. The van der Waals surface area contributed by atoms with E-state index in [4.69, 9.17) is 11.6 Å². The number of carbonyl (C=O) groups excluding carboxylic acids is 1. The van der Waals surface area contributed by atoms with Gasteiger partial charge in [-0.1, -0.05) is 11.6 Å². The summed E-state index contributed by atoms with van der Waals surface area (Å²) in [5.41, 5.74) is 0.0621. The van der Waals surface area contributed by atoms with Crippen molar-refractivity contribution in [2.75, 3.05) is 0 Å². The molecular weight excluding hydrogens is 385 g/mol. The molecule has 0 aliphatic carbocycles. The van der Waals surface area contributed by atoms with Gasteiger partial charge in [-0.2, -0.15) is 23.4 Å². The second-order valence-corrected chi connectivity index (χ2v) is 6.33. The molecular formula is C16H16ClF3N6O. The molecule has 11 heteroatoms. The molecule has 3 heterocycles. The SMILES string of the molecule is CCn1cc(CNC(=O)c2nn3c(C(F)(F)F)cc(C)nc3c2Cl)c(C)n1. The van der Waals surface area contributed by atoms with E-state index in [1.807, 2.05) is 6.92 Å². The lowest BCUT2D eigenvalue weighted by molar-refractivity contribution is -0.142. The van der Waals surface area contributed by atoms with E-state index in [-0.39, 0.29) is 28.6 Å². The third kappa shape index (κ3) is 3.61. The number of nitrogens with one attached hydrogen (secondary N) is 1. The number of aromatic nitrogens is 5. The quantitative estimate of drug-likeness (QED) is 0.729. The Hall–Kier alpha value is -2.62. The minimum atomic E-state index is -4.67.